The summed E-state index contributed by atoms with van der Waals surface area (Å²) in [4.78, 5) is 0. The standard InChI is InChI=1S/C14H11Br2ClIN/c1-8(11-4-2-9(15)6-12(11)16)19-14-5-3-10(17)7-13(14)18/h2-8,19H,1H3. The van der Waals surface area contributed by atoms with E-state index in [2.05, 4.69) is 78.8 Å². The van der Waals surface area contributed by atoms with Crippen LogP contribution in [-0.4, -0.2) is 0 Å². The van der Waals surface area contributed by atoms with Crippen molar-refractivity contribution in [2.24, 2.45) is 0 Å². The van der Waals surface area contributed by atoms with Crippen molar-refractivity contribution in [3.63, 3.8) is 0 Å². The zero-order valence-electron chi connectivity index (χ0n) is 10.1. The SMILES string of the molecule is CC(Nc1ccc(Cl)cc1I)c1ccc(Br)cc1Br. The Morgan fingerprint density at radius 2 is 1.89 bits per heavy atom. The molecule has 5 heteroatoms. The molecule has 0 saturated heterocycles. The first kappa shape index (κ1) is 15.6. The second-order valence-corrected chi connectivity index (χ2v) is 7.52. The van der Waals surface area contributed by atoms with E-state index in [1.54, 1.807) is 0 Å². The first-order chi connectivity index (χ1) is 8.97. The number of rotatable bonds is 3. The Labute approximate surface area is 148 Å². The van der Waals surface area contributed by atoms with E-state index in [0.717, 1.165) is 23.2 Å². The van der Waals surface area contributed by atoms with Crippen molar-refractivity contribution in [3.8, 4) is 0 Å². The molecule has 0 fully saturated rings. The number of nitrogens with one attached hydrogen (secondary N) is 1. The summed E-state index contributed by atoms with van der Waals surface area (Å²) in [5, 5.41) is 4.26. The quantitative estimate of drug-likeness (QED) is 0.452. The molecular formula is C14H11Br2ClIN. The molecule has 0 bridgehead atoms. The van der Waals surface area contributed by atoms with Crippen LogP contribution in [0.3, 0.4) is 0 Å². The summed E-state index contributed by atoms with van der Waals surface area (Å²) in [6.07, 6.45) is 0. The fourth-order valence-electron chi connectivity index (χ4n) is 1.77. The van der Waals surface area contributed by atoms with Crippen molar-refractivity contribution in [1.29, 1.82) is 0 Å². The molecule has 0 heterocycles. The number of hydrogen-bond donors (Lipinski definition) is 1. The van der Waals surface area contributed by atoms with Crippen LogP contribution in [-0.2, 0) is 0 Å². The van der Waals surface area contributed by atoms with Crippen molar-refractivity contribution in [2.45, 2.75) is 13.0 Å². The molecule has 2 rings (SSSR count). The van der Waals surface area contributed by atoms with Crippen LogP contribution in [0.4, 0.5) is 5.69 Å². The molecule has 1 atom stereocenters. The summed E-state index contributed by atoms with van der Waals surface area (Å²) in [6.45, 7) is 2.14. The van der Waals surface area contributed by atoms with Crippen molar-refractivity contribution < 1.29 is 0 Å². The van der Waals surface area contributed by atoms with Gasteiger partial charge in [-0.2, -0.15) is 0 Å². The van der Waals surface area contributed by atoms with Crippen molar-refractivity contribution >= 4 is 71.7 Å². The van der Waals surface area contributed by atoms with Crippen LogP contribution in [0.15, 0.2) is 45.3 Å². The fraction of sp³-hybridized carbons (Fsp3) is 0.143. The van der Waals surface area contributed by atoms with Crippen LogP contribution in [0.1, 0.15) is 18.5 Å². The van der Waals surface area contributed by atoms with E-state index in [4.69, 9.17) is 11.6 Å². The molecule has 1 unspecified atom stereocenters. The van der Waals surface area contributed by atoms with Crippen LogP contribution in [0, 0.1) is 3.57 Å². The van der Waals surface area contributed by atoms with E-state index in [9.17, 15) is 0 Å². The van der Waals surface area contributed by atoms with E-state index in [1.165, 1.54) is 5.56 Å². The third kappa shape index (κ3) is 4.09. The molecule has 1 N–H and O–H groups in total. The largest absolute Gasteiger partial charge is 0.378 e. The molecule has 0 aliphatic carbocycles. The van der Waals surface area contributed by atoms with Crippen LogP contribution >= 0.6 is 66.1 Å². The van der Waals surface area contributed by atoms with Crippen molar-refractivity contribution in [3.05, 3.63) is 59.5 Å². The third-order valence-electron chi connectivity index (χ3n) is 2.73. The van der Waals surface area contributed by atoms with Gasteiger partial charge < -0.3 is 5.32 Å². The molecule has 0 aliphatic heterocycles. The van der Waals surface area contributed by atoms with Gasteiger partial charge in [-0.1, -0.05) is 49.5 Å². The van der Waals surface area contributed by atoms with Crippen molar-refractivity contribution in [2.75, 3.05) is 5.32 Å². The minimum atomic E-state index is 0.206. The van der Waals surface area contributed by atoms with E-state index in [-0.39, 0.29) is 6.04 Å². The number of halogens is 4. The second kappa shape index (κ2) is 6.78. The Morgan fingerprint density at radius 3 is 2.53 bits per heavy atom. The molecule has 0 amide bonds. The minimum absolute atomic E-state index is 0.206. The maximum atomic E-state index is 5.97. The van der Waals surface area contributed by atoms with Gasteiger partial charge in [-0.3, -0.25) is 0 Å². The van der Waals surface area contributed by atoms with Gasteiger partial charge in [0.05, 0.1) is 0 Å². The second-order valence-electron chi connectivity index (χ2n) is 4.16. The predicted octanol–water partition coefficient (Wildman–Crippen LogP) is 6.64. The van der Waals surface area contributed by atoms with Gasteiger partial charge in [-0.25, -0.2) is 0 Å². The molecule has 0 aromatic heterocycles. The van der Waals surface area contributed by atoms with E-state index >= 15 is 0 Å². The highest BCUT2D eigenvalue weighted by atomic mass is 127. The molecule has 2 aromatic rings. The molecular weight excluding hydrogens is 504 g/mol. The van der Waals surface area contributed by atoms with E-state index < -0.39 is 0 Å². The fourth-order valence-corrected chi connectivity index (χ4v) is 4.19. The lowest BCUT2D eigenvalue weighted by Crippen LogP contribution is -2.08. The van der Waals surface area contributed by atoms with Crippen LogP contribution in [0.25, 0.3) is 0 Å². The highest BCUT2D eigenvalue weighted by Crippen LogP contribution is 2.31. The molecule has 19 heavy (non-hydrogen) atoms. The molecule has 0 spiro atoms. The van der Waals surface area contributed by atoms with Crippen molar-refractivity contribution in [1.82, 2.24) is 0 Å². The van der Waals surface area contributed by atoms with Gasteiger partial charge in [0.25, 0.3) is 0 Å². The Morgan fingerprint density at radius 1 is 1.16 bits per heavy atom. The zero-order chi connectivity index (χ0) is 14.0. The summed E-state index contributed by atoms with van der Waals surface area (Å²) in [7, 11) is 0. The normalized spacial score (nSPS) is 12.3. The number of benzene rings is 2. The van der Waals surface area contributed by atoms with Crippen LogP contribution in [0.5, 0.6) is 0 Å². The molecule has 1 nitrogen and oxygen atoms in total. The van der Waals surface area contributed by atoms with Gasteiger partial charge in [-0.05, 0) is 65.4 Å². The van der Waals surface area contributed by atoms with Gasteiger partial charge in [-0.15, -0.1) is 0 Å². The summed E-state index contributed by atoms with van der Waals surface area (Å²) >= 11 is 15.3. The van der Waals surface area contributed by atoms with Gasteiger partial charge >= 0.3 is 0 Å². The topological polar surface area (TPSA) is 12.0 Å². The molecule has 0 radical (unpaired) electrons. The third-order valence-corrected chi connectivity index (χ3v) is 5.04. The first-order valence-corrected chi connectivity index (χ1v) is 8.68. The zero-order valence-corrected chi connectivity index (χ0v) is 16.1. The lowest BCUT2D eigenvalue weighted by Gasteiger charge is -2.18. The average molecular weight is 515 g/mol. The highest BCUT2D eigenvalue weighted by Gasteiger charge is 2.11. The summed E-state index contributed by atoms with van der Waals surface area (Å²) < 4.78 is 3.27. The Bertz CT molecular complexity index is 604. The molecule has 0 aliphatic rings. The van der Waals surface area contributed by atoms with Crippen LogP contribution < -0.4 is 5.32 Å². The van der Waals surface area contributed by atoms with E-state index in [1.807, 2.05) is 24.3 Å². The van der Waals surface area contributed by atoms with Crippen LogP contribution in [0.2, 0.25) is 5.02 Å². The summed E-state index contributed by atoms with van der Waals surface area (Å²) in [5.74, 6) is 0. The lowest BCUT2D eigenvalue weighted by molar-refractivity contribution is 0.877. The van der Waals surface area contributed by atoms with Gasteiger partial charge in [0.1, 0.15) is 0 Å². The lowest BCUT2D eigenvalue weighted by atomic mass is 10.1. The molecule has 2 aromatic carbocycles. The monoisotopic (exact) mass is 513 g/mol. The van der Waals surface area contributed by atoms with Gasteiger partial charge in [0, 0.05) is 29.3 Å². The highest BCUT2D eigenvalue weighted by molar-refractivity contribution is 14.1. The van der Waals surface area contributed by atoms with Gasteiger partial charge in [0.2, 0.25) is 0 Å². The minimum Gasteiger partial charge on any atom is -0.378 e. The summed E-state index contributed by atoms with van der Waals surface area (Å²) in [5.41, 5.74) is 2.31. The van der Waals surface area contributed by atoms with E-state index in [0.29, 0.717) is 0 Å². The molecule has 0 saturated carbocycles. The van der Waals surface area contributed by atoms with Gasteiger partial charge in [0.15, 0.2) is 0 Å². The Kier molecular flexibility index (Phi) is 5.57. The average Bonchev–Trinajstić information content (AvgIpc) is 2.32. The Hall–Kier alpha value is 0.220. The predicted molar refractivity (Wildman–Crippen MR) is 98.0 cm³/mol. The first-order valence-electron chi connectivity index (χ1n) is 5.64. The Balaban J connectivity index is 2.23. The smallest absolute Gasteiger partial charge is 0.0497 e. The number of anilines is 1. The maximum absolute atomic E-state index is 5.97. The number of hydrogen-bond acceptors (Lipinski definition) is 1. The molecule has 100 valence electrons. The maximum Gasteiger partial charge on any atom is 0.0497 e. The summed E-state index contributed by atoms with van der Waals surface area (Å²) in [6, 6.07) is 12.3.